The van der Waals surface area contributed by atoms with Crippen LogP contribution in [-0.2, 0) is 19.2 Å². The van der Waals surface area contributed by atoms with Gasteiger partial charge in [-0.1, -0.05) is 0 Å². The molecule has 0 aromatic rings. The van der Waals surface area contributed by atoms with Gasteiger partial charge in [0.05, 0.1) is 0 Å². The number of rotatable bonds is 5. The molecule has 5 nitrogen and oxygen atoms in total. The van der Waals surface area contributed by atoms with Gasteiger partial charge in [-0.3, -0.25) is 24.1 Å². The SMILES string of the molecule is O=[C]CCC([C]=O)N1C(=O)CCC1=O. The van der Waals surface area contributed by atoms with Gasteiger partial charge in [-0.05, 0) is 6.42 Å². The summed E-state index contributed by atoms with van der Waals surface area (Å²) in [5.41, 5.74) is 0. The van der Waals surface area contributed by atoms with Gasteiger partial charge in [0.15, 0.2) is 6.29 Å². The molecular weight excluding hydrogens is 186 g/mol. The van der Waals surface area contributed by atoms with E-state index in [1.54, 1.807) is 12.6 Å². The van der Waals surface area contributed by atoms with E-state index < -0.39 is 6.04 Å². The first kappa shape index (κ1) is 10.6. The van der Waals surface area contributed by atoms with E-state index in [1.165, 1.54) is 0 Å². The molecule has 0 aliphatic carbocycles. The summed E-state index contributed by atoms with van der Waals surface area (Å²) >= 11 is 0. The molecule has 2 radical (unpaired) electrons. The van der Waals surface area contributed by atoms with Crippen molar-refractivity contribution in [2.24, 2.45) is 0 Å². The first-order valence-electron chi connectivity index (χ1n) is 4.28. The lowest BCUT2D eigenvalue weighted by atomic mass is 10.1. The van der Waals surface area contributed by atoms with E-state index in [4.69, 9.17) is 0 Å². The predicted molar refractivity (Wildman–Crippen MR) is 45.5 cm³/mol. The maximum absolute atomic E-state index is 11.2. The van der Waals surface area contributed by atoms with Crippen molar-refractivity contribution >= 4 is 24.4 Å². The Kier molecular flexibility index (Phi) is 3.50. The molecule has 1 atom stereocenters. The molecule has 1 saturated heterocycles. The molecule has 0 N–H and O–H groups in total. The summed E-state index contributed by atoms with van der Waals surface area (Å²) < 4.78 is 0. The van der Waals surface area contributed by atoms with Gasteiger partial charge >= 0.3 is 0 Å². The molecule has 5 heteroatoms. The molecule has 0 bridgehead atoms. The van der Waals surface area contributed by atoms with Crippen molar-refractivity contribution < 1.29 is 19.2 Å². The van der Waals surface area contributed by atoms with Crippen LogP contribution in [0.4, 0.5) is 0 Å². The Morgan fingerprint density at radius 2 is 1.79 bits per heavy atom. The molecule has 0 spiro atoms. The van der Waals surface area contributed by atoms with E-state index in [0.717, 1.165) is 4.90 Å². The number of imide groups is 1. The van der Waals surface area contributed by atoms with Crippen LogP contribution < -0.4 is 0 Å². The zero-order valence-electron chi connectivity index (χ0n) is 7.49. The molecule has 1 aliphatic rings. The van der Waals surface area contributed by atoms with E-state index in [0.29, 0.717) is 0 Å². The standard InChI is InChI=1S/C9H9NO4/c11-5-1-2-7(6-12)10-8(13)3-4-9(10)14/h7H,1-4H2. The summed E-state index contributed by atoms with van der Waals surface area (Å²) in [5, 5.41) is 0. The summed E-state index contributed by atoms with van der Waals surface area (Å²) in [6.45, 7) is 0. The summed E-state index contributed by atoms with van der Waals surface area (Å²) in [6.07, 6.45) is 3.62. The van der Waals surface area contributed by atoms with E-state index in [-0.39, 0.29) is 37.5 Å². The van der Waals surface area contributed by atoms with Crippen LogP contribution in [0, 0.1) is 0 Å². The van der Waals surface area contributed by atoms with Crippen LogP contribution in [0.5, 0.6) is 0 Å². The van der Waals surface area contributed by atoms with Crippen molar-refractivity contribution in [3.8, 4) is 0 Å². The zero-order chi connectivity index (χ0) is 10.6. The molecule has 2 amide bonds. The van der Waals surface area contributed by atoms with Gasteiger partial charge in [-0.2, -0.15) is 0 Å². The lowest BCUT2D eigenvalue weighted by molar-refractivity contribution is -0.139. The van der Waals surface area contributed by atoms with E-state index in [1.807, 2.05) is 0 Å². The largest absolute Gasteiger partial charge is 0.291 e. The van der Waals surface area contributed by atoms with E-state index in [9.17, 15) is 19.2 Å². The third-order valence-corrected chi connectivity index (χ3v) is 2.06. The number of amides is 2. The Morgan fingerprint density at radius 3 is 2.21 bits per heavy atom. The number of carbonyl (C=O) groups is 2. The smallest absolute Gasteiger partial charge is 0.230 e. The van der Waals surface area contributed by atoms with Crippen LogP contribution in [-0.4, -0.2) is 35.3 Å². The van der Waals surface area contributed by atoms with Crippen molar-refractivity contribution in [1.82, 2.24) is 4.90 Å². The zero-order valence-corrected chi connectivity index (χ0v) is 7.49. The number of hydrogen-bond acceptors (Lipinski definition) is 4. The predicted octanol–water partition coefficient (Wildman–Crippen LogP) is -0.496. The third-order valence-electron chi connectivity index (χ3n) is 2.06. The second kappa shape index (κ2) is 4.64. The van der Waals surface area contributed by atoms with E-state index in [2.05, 4.69) is 0 Å². The van der Waals surface area contributed by atoms with Crippen molar-refractivity contribution in [2.45, 2.75) is 31.7 Å². The fourth-order valence-electron chi connectivity index (χ4n) is 1.38. The summed E-state index contributed by atoms with van der Waals surface area (Å²) in [6, 6.07) is -0.918. The molecule has 74 valence electrons. The molecular formula is C9H9NO4. The van der Waals surface area contributed by atoms with Gasteiger partial charge in [-0.15, -0.1) is 0 Å². The quantitative estimate of drug-likeness (QED) is 0.554. The highest BCUT2D eigenvalue weighted by atomic mass is 16.2. The van der Waals surface area contributed by atoms with Gasteiger partial charge in [0.2, 0.25) is 18.1 Å². The Hall–Kier alpha value is -1.52. The maximum atomic E-state index is 11.2. The second-order valence-electron chi connectivity index (χ2n) is 2.97. The molecule has 14 heavy (non-hydrogen) atoms. The number of carbonyl (C=O) groups excluding carboxylic acids is 4. The molecule has 1 fully saturated rings. The van der Waals surface area contributed by atoms with Crippen molar-refractivity contribution in [3.63, 3.8) is 0 Å². The van der Waals surface area contributed by atoms with Crippen molar-refractivity contribution in [1.29, 1.82) is 0 Å². The normalized spacial score (nSPS) is 18.4. The molecule has 1 rings (SSSR count). The first-order valence-corrected chi connectivity index (χ1v) is 4.28. The third kappa shape index (κ3) is 2.04. The molecule has 1 unspecified atom stereocenters. The molecule has 1 heterocycles. The Balaban J connectivity index is 2.67. The Bertz CT molecular complexity index is 258. The molecule has 1 aliphatic heterocycles. The monoisotopic (exact) mass is 195 g/mol. The topological polar surface area (TPSA) is 71.5 Å². The summed E-state index contributed by atoms with van der Waals surface area (Å²) in [5.74, 6) is -0.733. The average molecular weight is 195 g/mol. The number of hydrogen-bond donors (Lipinski definition) is 0. The number of likely N-dealkylation sites (tertiary alicyclic amines) is 1. The molecule has 0 saturated carbocycles. The van der Waals surface area contributed by atoms with Gasteiger partial charge in [0.25, 0.3) is 0 Å². The van der Waals surface area contributed by atoms with E-state index >= 15 is 0 Å². The second-order valence-corrected chi connectivity index (χ2v) is 2.97. The molecule has 0 aromatic heterocycles. The van der Waals surface area contributed by atoms with Crippen LogP contribution in [0.25, 0.3) is 0 Å². The summed E-state index contributed by atoms with van der Waals surface area (Å²) in [4.78, 5) is 43.7. The van der Waals surface area contributed by atoms with Crippen LogP contribution in [0.15, 0.2) is 0 Å². The Labute approximate surface area is 81.1 Å². The lowest BCUT2D eigenvalue weighted by Crippen LogP contribution is -2.40. The maximum Gasteiger partial charge on any atom is 0.230 e. The van der Waals surface area contributed by atoms with Gasteiger partial charge in [-0.25, -0.2) is 0 Å². The fourth-order valence-corrected chi connectivity index (χ4v) is 1.38. The fraction of sp³-hybridized carbons (Fsp3) is 0.556. The number of nitrogens with zero attached hydrogens (tertiary/aromatic N) is 1. The van der Waals surface area contributed by atoms with Crippen LogP contribution in [0.2, 0.25) is 0 Å². The van der Waals surface area contributed by atoms with Gasteiger partial charge < -0.3 is 0 Å². The average Bonchev–Trinajstić information content (AvgIpc) is 2.50. The minimum Gasteiger partial charge on any atom is -0.291 e. The minimum absolute atomic E-state index is 0.0248. The minimum atomic E-state index is -0.918. The van der Waals surface area contributed by atoms with Gasteiger partial charge in [0, 0.05) is 19.3 Å². The van der Waals surface area contributed by atoms with Crippen molar-refractivity contribution in [3.05, 3.63) is 0 Å². The van der Waals surface area contributed by atoms with Crippen LogP contribution in [0.3, 0.4) is 0 Å². The summed E-state index contributed by atoms with van der Waals surface area (Å²) in [7, 11) is 0. The van der Waals surface area contributed by atoms with Crippen LogP contribution in [0.1, 0.15) is 25.7 Å². The Morgan fingerprint density at radius 1 is 1.21 bits per heavy atom. The lowest BCUT2D eigenvalue weighted by Gasteiger charge is -2.19. The molecule has 0 aromatic carbocycles. The first-order chi connectivity index (χ1) is 6.70. The highest BCUT2D eigenvalue weighted by Gasteiger charge is 2.34. The van der Waals surface area contributed by atoms with Gasteiger partial charge in [0.1, 0.15) is 6.04 Å². The van der Waals surface area contributed by atoms with Crippen molar-refractivity contribution in [2.75, 3.05) is 0 Å². The van der Waals surface area contributed by atoms with Crippen LogP contribution >= 0.6 is 0 Å². The highest BCUT2D eigenvalue weighted by molar-refractivity contribution is 6.03. The highest BCUT2D eigenvalue weighted by Crippen LogP contribution is 2.16.